The molecule has 0 aliphatic rings. The number of hydrogen-bond donors (Lipinski definition) is 2. The van der Waals surface area contributed by atoms with Crippen molar-refractivity contribution in [3.05, 3.63) is 34.7 Å². The maximum Gasteiger partial charge on any atom is 0.221 e. The van der Waals surface area contributed by atoms with Crippen molar-refractivity contribution >= 4 is 27.7 Å². The van der Waals surface area contributed by atoms with E-state index >= 15 is 0 Å². The summed E-state index contributed by atoms with van der Waals surface area (Å²) in [5.41, 5.74) is 12.4. The second-order valence-electron chi connectivity index (χ2n) is 3.15. The van der Waals surface area contributed by atoms with Gasteiger partial charge in [-0.25, -0.2) is 9.37 Å². The fraction of sp³-hybridized carbons (Fsp3) is 0. The molecule has 82 valence electrons. The summed E-state index contributed by atoms with van der Waals surface area (Å²) in [6, 6.07) is 4.30. The molecule has 0 unspecified atom stereocenters. The highest BCUT2D eigenvalue weighted by molar-refractivity contribution is 9.10. The van der Waals surface area contributed by atoms with Gasteiger partial charge in [0.15, 0.2) is 0 Å². The molecule has 0 bridgehead atoms. The van der Waals surface area contributed by atoms with Crippen LogP contribution >= 0.6 is 15.9 Å². The Balaban J connectivity index is 2.59. The molecule has 4 N–H and O–H groups in total. The van der Waals surface area contributed by atoms with Crippen molar-refractivity contribution < 1.29 is 4.39 Å². The van der Waals surface area contributed by atoms with E-state index in [1.807, 2.05) is 0 Å². The number of halogens is 2. The van der Waals surface area contributed by atoms with Crippen LogP contribution in [0.4, 0.5) is 16.2 Å². The van der Waals surface area contributed by atoms with Crippen LogP contribution in [-0.2, 0) is 0 Å². The molecule has 0 amide bonds. The number of nitrogens with zero attached hydrogens (tertiary/aromatic N) is 2. The fourth-order valence-electron chi connectivity index (χ4n) is 1.32. The van der Waals surface area contributed by atoms with Gasteiger partial charge >= 0.3 is 0 Å². The Hall–Kier alpha value is -1.69. The van der Waals surface area contributed by atoms with E-state index in [-0.39, 0.29) is 17.6 Å². The van der Waals surface area contributed by atoms with Crippen molar-refractivity contribution in [2.75, 3.05) is 11.5 Å². The summed E-state index contributed by atoms with van der Waals surface area (Å²) < 4.78 is 13.5. The summed E-state index contributed by atoms with van der Waals surface area (Å²) in [6.07, 6.45) is 1.51. The van der Waals surface area contributed by atoms with Crippen LogP contribution in [-0.4, -0.2) is 9.97 Å². The average molecular weight is 283 g/mol. The second kappa shape index (κ2) is 4.05. The Kier molecular flexibility index (Phi) is 2.74. The van der Waals surface area contributed by atoms with E-state index < -0.39 is 0 Å². The summed E-state index contributed by atoms with van der Waals surface area (Å²) in [6.45, 7) is 0. The van der Waals surface area contributed by atoms with E-state index in [1.54, 1.807) is 6.07 Å². The number of nitrogens with two attached hydrogens (primary N) is 2. The van der Waals surface area contributed by atoms with Crippen LogP contribution in [0.5, 0.6) is 0 Å². The predicted octanol–water partition coefficient (Wildman–Crippen LogP) is 2.21. The van der Waals surface area contributed by atoms with Gasteiger partial charge in [-0.3, -0.25) is 0 Å². The van der Waals surface area contributed by atoms with E-state index in [2.05, 4.69) is 25.9 Å². The quantitative estimate of drug-likeness (QED) is 0.841. The van der Waals surface area contributed by atoms with Crippen LogP contribution in [0, 0.1) is 5.82 Å². The van der Waals surface area contributed by atoms with Crippen LogP contribution in [0.25, 0.3) is 11.1 Å². The minimum atomic E-state index is -0.328. The van der Waals surface area contributed by atoms with Crippen LogP contribution in [0.1, 0.15) is 0 Å². The van der Waals surface area contributed by atoms with Crippen molar-refractivity contribution in [2.24, 2.45) is 0 Å². The minimum Gasteiger partial charge on any atom is -0.383 e. The third-order valence-corrected chi connectivity index (χ3v) is 2.71. The minimum absolute atomic E-state index is 0.111. The van der Waals surface area contributed by atoms with E-state index in [0.717, 1.165) is 5.56 Å². The highest BCUT2D eigenvalue weighted by Gasteiger charge is 2.09. The largest absolute Gasteiger partial charge is 0.383 e. The van der Waals surface area contributed by atoms with Gasteiger partial charge in [-0.2, -0.15) is 4.98 Å². The van der Waals surface area contributed by atoms with Gasteiger partial charge in [0, 0.05) is 21.8 Å². The van der Waals surface area contributed by atoms with Crippen molar-refractivity contribution in [1.82, 2.24) is 9.97 Å². The van der Waals surface area contributed by atoms with Gasteiger partial charge in [-0.1, -0.05) is 22.0 Å². The third-order valence-electron chi connectivity index (χ3n) is 2.06. The Morgan fingerprint density at radius 1 is 1.19 bits per heavy atom. The molecule has 1 aromatic carbocycles. The fourth-order valence-corrected chi connectivity index (χ4v) is 1.89. The molecule has 16 heavy (non-hydrogen) atoms. The maximum absolute atomic E-state index is 12.9. The molecule has 6 heteroatoms. The Labute approximate surface area is 99.6 Å². The summed E-state index contributed by atoms with van der Waals surface area (Å²) in [7, 11) is 0. The molecule has 0 radical (unpaired) electrons. The van der Waals surface area contributed by atoms with Crippen molar-refractivity contribution in [2.45, 2.75) is 0 Å². The van der Waals surface area contributed by atoms with Crippen molar-refractivity contribution in [3.63, 3.8) is 0 Å². The number of nitrogen functional groups attached to an aromatic ring is 2. The lowest BCUT2D eigenvalue weighted by molar-refractivity contribution is 0.627. The lowest BCUT2D eigenvalue weighted by Gasteiger charge is -2.07. The molecule has 4 nitrogen and oxygen atoms in total. The summed E-state index contributed by atoms with van der Waals surface area (Å²) in [5.74, 6) is 0.0462. The van der Waals surface area contributed by atoms with Gasteiger partial charge in [0.05, 0.1) is 0 Å². The first kappa shape index (κ1) is 10.8. The molecular weight excluding hydrogens is 275 g/mol. The molecule has 0 fully saturated rings. The Bertz CT molecular complexity index is 495. The van der Waals surface area contributed by atoms with Gasteiger partial charge in [0.1, 0.15) is 11.6 Å². The Morgan fingerprint density at radius 2 is 1.94 bits per heavy atom. The molecule has 1 heterocycles. The SMILES string of the molecule is Nc1ncc(-c2ccc(F)cc2Br)c(N)n1. The zero-order chi connectivity index (χ0) is 11.7. The molecular formula is C10H8BrFN4. The Morgan fingerprint density at radius 3 is 2.56 bits per heavy atom. The van der Waals surface area contributed by atoms with Crippen LogP contribution in [0.15, 0.2) is 28.9 Å². The van der Waals surface area contributed by atoms with Gasteiger partial charge in [-0.15, -0.1) is 0 Å². The average Bonchev–Trinajstić information content (AvgIpc) is 2.19. The number of rotatable bonds is 1. The highest BCUT2D eigenvalue weighted by atomic mass is 79.9. The smallest absolute Gasteiger partial charge is 0.221 e. The molecule has 1 aromatic heterocycles. The molecule has 0 atom stereocenters. The van der Waals surface area contributed by atoms with E-state index in [9.17, 15) is 4.39 Å². The normalized spacial score (nSPS) is 10.4. The molecule has 0 aliphatic heterocycles. The highest BCUT2D eigenvalue weighted by Crippen LogP contribution is 2.31. The maximum atomic E-state index is 12.9. The predicted molar refractivity (Wildman–Crippen MR) is 64.0 cm³/mol. The molecule has 0 aliphatic carbocycles. The molecule has 0 saturated heterocycles. The first-order chi connectivity index (χ1) is 7.58. The first-order valence-corrected chi connectivity index (χ1v) is 5.20. The third kappa shape index (κ3) is 1.96. The van der Waals surface area contributed by atoms with Crippen LogP contribution in [0.3, 0.4) is 0 Å². The lowest BCUT2D eigenvalue weighted by atomic mass is 10.1. The first-order valence-electron chi connectivity index (χ1n) is 4.41. The summed E-state index contributed by atoms with van der Waals surface area (Å²) >= 11 is 3.25. The molecule has 2 rings (SSSR count). The van der Waals surface area contributed by atoms with E-state index in [4.69, 9.17) is 11.5 Å². The second-order valence-corrected chi connectivity index (χ2v) is 4.01. The number of benzene rings is 1. The zero-order valence-electron chi connectivity index (χ0n) is 8.11. The molecule has 2 aromatic rings. The molecule has 0 spiro atoms. The summed E-state index contributed by atoms with van der Waals surface area (Å²) in [4.78, 5) is 7.70. The standard InChI is InChI=1S/C10H8BrFN4/c11-8-3-5(12)1-2-6(8)7-4-15-10(14)16-9(7)13/h1-4H,(H4,13,14,15,16). The van der Waals surface area contributed by atoms with E-state index in [0.29, 0.717) is 10.0 Å². The van der Waals surface area contributed by atoms with Crippen LogP contribution in [0.2, 0.25) is 0 Å². The summed E-state index contributed by atoms with van der Waals surface area (Å²) in [5, 5.41) is 0. The van der Waals surface area contributed by atoms with Crippen molar-refractivity contribution in [1.29, 1.82) is 0 Å². The topological polar surface area (TPSA) is 77.8 Å². The number of hydrogen-bond acceptors (Lipinski definition) is 4. The van der Waals surface area contributed by atoms with Gasteiger partial charge in [0.2, 0.25) is 5.95 Å². The van der Waals surface area contributed by atoms with Gasteiger partial charge < -0.3 is 11.5 Å². The molecule has 0 saturated carbocycles. The number of aromatic nitrogens is 2. The van der Waals surface area contributed by atoms with Gasteiger partial charge in [0.25, 0.3) is 0 Å². The zero-order valence-corrected chi connectivity index (χ0v) is 9.70. The lowest BCUT2D eigenvalue weighted by Crippen LogP contribution is -2.01. The van der Waals surface area contributed by atoms with E-state index in [1.165, 1.54) is 18.3 Å². The van der Waals surface area contributed by atoms with Crippen molar-refractivity contribution in [3.8, 4) is 11.1 Å². The van der Waals surface area contributed by atoms with Gasteiger partial charge in [-0.05, 0) is 12.1 Å². The number of anilines is 2. The van der Waals surface area contributed by atoms with Crippen LogP contribution < -0.4 is 11.5 Å². The monoisotopic (exact) mass is 282 g/mol.